The molecule has 0 atom stereocenters. The fraction of sp³-hybridized carbons (Fsp3) is 0.200. The average Bonchev–Trinajstić information content (AvgIpc) is 2.16. The number of carbonyl (C=O) groups excluding carboxylic acids is 2. The Labute approximate surface area is 87.3 Å². The standard InChI is InChI=1S/C10H10ClNO2/c1-12(2)10(14)8-6-4-3-5-7(8)9(11)13/h3-6H,1-2H3. The van der Waals surface area contributed by atoms with Crippen molar-refractivity contribution in [3.8, 4) is 0 Å². The molecule has 4 heteroatoms. The zero-order valence-corrected chi connectivity index (χ0v) is 8.71. The molecule has 3 nitrogen and oxygen atoms in total. The summed E-state index contributed by atoms with van der Waals surface area (Å²) in [5.41, 5.74) is 0.574. The summed E-state index contributed by atoms with van der Waals surface area (Å²) in [5, 5.41) is -0.615. The van der Waals surface area contributed by atoms with Gasteiger partial charge in [-0.25, -0.2) is 0 Å². The Hall–Kier alpha value is -1.35. The Morgan fingerprint density at radius 1 is 1.14 bits per heavy atom. The molecule has 0 fully saturated rings. The first kappa shape index (κ1) is 10.7. The number of amides is 1. The molecule has 1 aromatic rings. The number of nitrogens with zero attached hydrogens (tertiary/aromatic N) is 1. The van der Waals surface area contributed by atoms with Crippen molar-refractivity contribution < 1.29 is 9.59 Å². The van der Waals surface area contributed by atoms with Crippen molar-refractivity contribution in [1.82, 2.24) is 4.90 Å². The Bertz CT molecular complexity index is 374. The maximum absolute atomic E-state index is 11.6. The van der Waals surface area contributed by atoms with E-state index < -0.39 is 5.24 Å². The summed E-state index contributed by atoms with van der Waals surface area (Å²) in [6.07, 6.45) is 0. The number of hydrogen-bond donors (Lipinski definition) is 0. The minimum atomic E-state index is -0.615. The first-order valence-electron chi connectivity index (χ1n) is 4.04. The van der Waals surface area contributed by atoms with Crippen LogP contribution in [-0.4, -0.2) is 30.1 Å². The third kappa shape index (κ3) is 2.12. The van der Waals surface area contributed by atoms with Crippen molar-refractivity contribution in [1.29, 1.82) is 0 Å². The summed E-state index contributed by atoms with van der Waals surface area (Å²) in [7, 11) is 3.25. The summed E-state index contributed by atoms with van der Waals surface area (Å²) in [4.78, 5) is 24.0. The van der Waals surface area contributed by atoms with Gasteiger partial charge in [0, 0.05) is 19.7 Å². The predicted molar refractivity (Wildman–Crippen MR) is 54.6 cm³/mol. The molecule has 1 rings (SSSR count). The molecule has 0 heterocycles. The first-order valence-corrected chi connectivity index (χ1v) is 4.42. The zero-order valence-electron chi connectivity index (χ0n) is 7.95. The lowest BCUT2D eigenvalue weighted by Crippen LogP contribution is -2.23. The first-order chi connectivity index (χ1) is 6.54. The van der Waals surface area contributed by atoms with Crippen molar-refractivity contribution in [3.63, 3.8) is 0 Å². The van der Waals surface area contributed by atoms with Crippen LogP contribution >= 0.6 is 11.6 Å². The zero-order chi connectivity index (χ0) is 10.7. The number of carbonyl (C=O) groups is 2. The van der Waals surface area contributed by atoms with Gasteiger partial charge in [-0.15, -0.1) is 0 Å². The molecule has 0 unspecified atom stereocenters. The van der Waals surface area contributed by atoms with Crippen molar-refractivity contribution in [2.45, 2.75) is 0 Å². The molecule has 0 aliphatic rings. The van der Waals surface area contributed by atoms with E-state index in [1.54, 1.807) is 32.3 Å². The largest absolute Gasteiger partial charge is 0.345 e. The van der Waals surface area contributed by atoms with Crippen LogP contribution in [0.2, 0.25) is 0 Å². The van der Waals surface area contributed by atoms with Gasteiger partial charge in [-0.1, -0.05) is 12.1 Å². The van der Waals surface area contributed by atoms with Crippen LogP contribution in [0.5, 0.6) is 0 Å². The summed E-state index contributed by atoms with van der Waals surface area (Å²) < 4.78 is 0. The lowest BCUT2D eigenvalue weighted by molar-refractivity contribution is 0.0823. The van der Waals surface area contributed by atoms with Gasteiger partial charge in [-0.3, -0.25) is 9.59 Å². The van der Waals surface area contributed by atoms with Crippen molar-refractivity contribution in [2.24, 2.45) is 0 Å². The van der Waals surface area contributed by atoms with Gasteiger partial charge >= 0.3 is 0 Å². The van der Waals surface area contributed by atoms with Crippen LogP contribution in [0.4, 0.5) is 0 Å². The maximum Gasteiger partial charge on any atom is 0.254 e. The van der Waals surface area contributed by atoms with Crippen LogP contribution in [0.1, 0.15) is 20.7 Å². The van der Waals surface area contributed by atoms with Crippen LogP contribution in [0.15, 0.2) is 24.3 Å². The van der Waals surface area contributed by atoms with E-state index in [-0.39, 0.29) is 11.5 Å². The van der Waals surface area contributed by atoms with E-state index in [0.717, 1.165) is 0 Å². The van der Waals surface area contributed by atoms with Crippen LogP contribution in [0.25, 0.3) is 0 Å². The topological polar surface area (TPSA) is 37.4 Å². The molecular formula is C10H10ClNO2. The van der Waals surface area contributed by atoms with Crippen LogP contribution in [-0.2, 0) is 0 Å². The van der Waals surface area contributed by atoms with E-state index in [4.69, 9.17) is 11.6 Å². The van der Waals surface area contributed by atoms with Gasteiger partial charge in [-0.2, -0.15) is 0 Å². The second-order valence-electron chi connectivity index (χ2n) is 3.02. The summed E-state index contributed by atoms with van der Waals surface area (Å²) in [5.74, 6) is -0.227. The molecule has 0 N–H and O–H groups in total. The van der Waals surface area contributed by atoms with Gasteiger partial charge in [0.2, 0.25) is 0 Å². The highest BCUT2D eigenvalue weighted by Crippen LogP contribution is 2.12. The van der Waals surface area contributed by atoms with Crippen molar-refractivity contribution in [2.75, 3.05) is 14.1 Å². The van der Waals surface area contributed by atoms with Crippen molar-refractivity contribution in [3.05, 3.63) is 35.4 Å². The minimum Gasteiger partial charge on any atom is -0.345 e. The minimum absolute atomic E-state index is 0.227. The predicted octanol–water partition coefficient (Wildman–Crippen LogP) is 1.77. The van der Waals surface area contributed by atoms with Gasteiger partial charge in [0.1, 0.15) is 0 Å². The van der Waals surface area contributed by atoms with Gasteiger partial charge in [0.25, 0.3) is 11.1 Å². The third-order valence-corrected chi connectivity index (χ3v) is 1.98. The Balaban J connectivity index is 3.20. The Morgan fingerprint density at radius 3 is 2.07 bits per heavy atom. The van der Waals surface area contributed by atoms with E-state index >= 15 is 0 Å². The highest BCUT2D eigenvalue weighted by atomic mass is 35.5. The van der Waals surface area contributed by atoms with Crippen LogP contribution in [0.3, 0.4) is 0 Å². The Kier molecular flexibility index (Phi) is 3.25. The molecule has 0 aliphatic heterocycles. The van der Waals surface area contributed by atoms with Gasteiger partial charge in [0.15, 0.2) is 0 Å². The molecule has 0 saturated carbocycles. The Morgan fingerprint density at radius 2 is 1.64 bits per heavy atom. The number of hydrogen-bond acceptors (Lipinski definition) is 2. The smallest absolute Gasteiger partial charge is 0.254 e. The SMILES string of the molecule is CN(C)C(=O)c1ccccc1C(=O)Cl. The molecule has 1 aromatic carbocycles. The summed E-state index contributed by atoms with van der Waals surface area (Å²) in [6.45, 7) is 0. The molecular weight excluding hydrogens is 202 g/mol. The van der Waals surface area contributed by atoms with Crippen molar-refractivity contribution >= 4 is 22.8 Å². The molecule has 1 amide bonds. The quantitative estimate of drug-likeness (QED) is 0.700. The lowest BCUT2D eigenvalue weighted by atomic mass is 10.1. The number of benzene rings is 1. The number of rotatable bonds is 2. The van der Waals surface area contributed by atoms with E-state index in [9.17, 15) is 9.59 Å². The molecule has 0 radical (unpaired) electrons. The lowest BCUT2D eigenvalue weighted by Gasteiger charge is -2.11. The molecule has 0 aromatic heterocycles. The fourth-order valence-electron chi connectivity index (χ4n) is 1.08. The van der Waals surface area contributed by atoms with E-state index in [1.165, 1.54) is 11.0 Å². The molecule has 0 aliphatic carbocycles. The summed E-state index contributed by atoms with van der Waals surface area (Å²) in [6, 6.07) is 6.48. The maximum atomic E-state index is 11.6. The monoisotopic (exact) mass is 211 g/mol. The van der Waals surface area contributed by atoms with Gasteiger partial charge < -0.3 is 4.90 Å². The number of halogens is 1. The molecule has 0 spiro atoms. The van der Waals surface area contributed by atoms with E-state index in [1.807, 2.05) is 0 Å². The third-order valence-electron chi connectivity index (χ3n) is 1.78. The van der Waals surface area contributed by atoms with Crippen LogP contribution in [0, 0.1) is 0 Å². The van der Waals surface area contributed by atoms with E-state index in [2.05, 4.69) is 0 Å². The second-order valence-corrected chi connectivity index (χ2v) is 3.36. The average molecular weight is 212 g/mol. The highest BCUT2D eigenvalue weighted by Gasteiger charge is 2.15. The fourth-order valence-corrected chi connectivity index (χ4v) is 1.25. The molecule has 74 valence electrons. The van der Waals surface area contributed by atoms with Gasteiger partial charge in [-0.05, 0) is 23.7 Å². The van der Waals surface area contributed by atoms with Gasteiger partial charge in [0.05, 0.1) is 5.56 Å². The molecule has 0 bridgehead atoms. The second kappa shape index (κ2) is 4.24. The molecule has 0 saturated heterocycles. The summed E-state index contributed by atoms with van der Waals surface area (Å²) >= 11 is 5.35. The van der Waals surface area contributed by atoms with E-state index in [0.29, 0.717) is 5.56 Å². The normalized spacial score (nSPS) is 9.64. The highest BCUT2D eigenvalue weighted by molar-refractivity contribution is 6.68. The molecule has 14 heavy (non-hydrogen) atoms. The van der Waals surface area contributed by atoms with Crippen LogP contribution < -0.4 is 0 Å².